The molecule has 4 rings (SSSR count). The van der Waals surface area contributed by atoms with E-state index < -0.39 is 34.0 Å². The number of hydrogen-bond donors (Lipinski definition) is 0. The molecule has 1 fully saturated rings. The van der Waals surface area contributed by atoms with Crippen LogP contribution in [0, 0.1) is 11.3 Å². The van der Waals surface area contributed by atoms with Crippen LogP contribution in [0.4, 0.5) is 13.2 Å². The van der Waals surface area contributed by atoms with E-state index >= 15 is 0 Å². The average molecular weight is 465 g/mol. The van der Waals surface area contributed by atoms with Gasteiger partial charge in [-0.15, -0.1) is 4.73 Å². The molecule has 0 radical (unpaired) electrons. The molecule has 0 bridgehead atoms. The first-order chi connectivity index (χ1) is 15.1. The van der Waals surface area contributed by atoms with Crippen molar-refractivity contribution in [2.75, 3.05) is 12.9 Å². The lowest BCUT2D eigenvalue weighted by Gasteiger charge is -2.15. The van der Waals surface area contributed by atoms with Gasteiger partial charge in [0.15, 0.2) is 22.1 Å². The maximum Gasteiger partial charge on any atom is 0.435 e. The van der Waals surface area contributed by atoms with Crippen LogP contribution in [0.3, 0.4) is 0 Å². The van der Waals surface area contributed by atoms with Gasteiger partial charge in [-0.1, -0.05) is 0 Å². The van der Waals surface area contributed by atoms with Crippen LogP contribution in [0.5, 0.6) is 0 Å². The molecule has 0 saturated heterocycles. The molecule has 0 spiro atoms. The molecule has 1 atom stereocenters. The first kappa shape index (κ1) is 22.2. The average Bonchev–Trinajstić information content (AvgIpc) is 3.49. The number of hydrogen-bond acceptors (Lipinski definition) is 6. The Balaban J connectivity index is 1.98. The van der Waals surface area contributed by atoms with E-state index in [-0.39, 0.29) is 33.0 Å². The predicted molar refractivity (Wildman–Crippen MR) is 109 cm³/mol. The molecule has 8 nitrogen and oxygen atoms in total. The Morgan fingerprint density at radius 1 is 1.38 bits per heavy atom. The monoisotopic (exact) mass is 465 g/mol. The van der Waals surface area contributed by atoms with E-state index in [9.17, 15) is 27.8 Å². The largest absolute Gasteiger partial charge is 0.611 e. The summed E-state index contributed by atoms with van der Waals surface area (Å²) < 4.78 is 54.6. The topological polar surface area (TPSA) is 109 Å². The van der Waals surface area contributed by atoms with E-state index in [1.807, 2.05) is 0 Å². The second kappa shape index (κ2) is 7.53. The van der Waals surface area contributed by atoms with Gasteiger partial charge in [0.1, 0.15) is 18.4 Å². The Labute approximate surface area is 183 Å². The SMILES string of the molecule is CC[S+]([O-])c1cc(C2(C#N)CC2)cnc1-c1nc2cc(C(F)(F)F)n(OC)c(=O)c2n1C. The molecule has 0 N–H and O–H groups in total. The van der Waals surface area contributed by atoms with E-state index in [4.69, 9.17) is 0 Å². The summed E-state index contributed by atoms with van der Waals surface area (Å²) in [6.45, 7) is 1.71. The van der Waals surface area contributed by atoms with E-state index in [2.05, 4.69) is 20.9 Å². The summed E-state index contributed by atoms with van der Waals surface area (Å²) in [5.41, 5.74) is -2.48. The summed E-state index contributed by atoms with van der Waals surface area (Å²) in [5, 5.41) is 9.48. The fourth-order valence-corrected chi connectivity index (χ4v) is 4.58. The third kappa shape index (κ3) is 3.32. The van der Waals surface area contributed by atoms with Crippen LogP contribution in [0.1, 0.15) is 31.0 Å². The third-order valence-corrected chi connectivity index (χ3v) is 6.89. The minimum atomic E-state index is -4.84. The number of fused-ring (bicyclic) bond motifs is 1. The fraction of sp³-hybridized carbons (Fsp3) is 0.400. The van der Waals surface area contributed by atoms with Crippen LogP contribution < -0.4 is 10.4 Å². The number of nitrogens with zero attached hydrogens (tertiary/aromatic N) is 5. The van der Waals surface area contributed by atoms with Gasteiger partial charge >= 0.3 is 11.7 Å². The summed E-state index contributed by atoms with van der Waals surface area (Å²) in [6, 6.07) is 4.63. The van der Waals surface area contributed by atoms with Crippen molar-refractivity contribution >= 4 is 22.2 Å². The zero-order valence-electron chi connectivity index (χ0n) is 17.4. The molecule has 0 aromatic carbocycles. The molecule has 3 heterocycles. The first-order valence-electron chi connectivity index (χ1n) is 9.62. The Kier molecular flexibility index (Phi) is 5.21. The predicted octanol–water partition coefficient (Wildman–Crippen LogP) is 2.56. The van der Waals surface area contributed by atoms with E-state index in [0.29, 0.717) is 23.3 Å². The van der Waals surface area contributed by atoms with Crippen LogP contribution in [0.15, 0.2) is 28.0 Å². The normalized spacial score (nSPS) is 16.1. The Morgan fingerprint density at radius 2 is 2.06 bits per heavy atom. The van der Waals surface area contributed by atoms with Crippen molar-refractivity contribution < 1.29 is 22.6 Å². The molecule has 1 saturated carbocycles. The summed E-state index contributed by atoms with van der Waals surface area (Å²) in [6.07, 6.45) is -2.00. The highest BCUT2D eigenvalue weighted by atomic mass is 32.2. The standard InChI is InChI=1S/C20H18F3N5O3S/c1-4-32(30)13-7-11(19(10-24)5-6-19)9-25-15(13)17-26-12-8-14(20(21,22)23)28(31-3)18(29)16(12)27(17)2/h7-9H,4-6H2,1-3H3. The highest BCUT2D eigenvalue weighted by molar-refractivity contribution is 7.91. The lowest BCUT2D eigenvalue weighted by molar-refractivity contribution is -0.151. The van der Waals surface area contributed by atoms with Crippen LogP contribution in [0.2, 0.25) is 0 Å². The van der Waals surface area contributed by atoms with Crippen LogP contribution in [-0.2, 0) is 29.8 Å². The molecular weight excluding hydrogens is 447 g/mol. The first-order valence-corrected chi connectivity index (χ1v) is 10.9. The molecule has 0 amide bonds. The van der Waals surface area contributed by atoms with Crippen LogP contribution in [-0.4, -0.2) is 36.7 Å². The quantitative estimate of drug-likeness (QED) is 0.536. The van der Waals surface area contributed by atoms with Gasteiger partial charge in [-0.2, -0.15) is 18.4 Å². The number of imidazole rings is 1. The molecule has 3 aromatic rings. The number of halogens is 3. The van der Waals surface area contributed by atoms with Crippen molar-refractivity contribution in [2.45, 2.75) is 36.3 Å². The maximum atomic E-state index is 13.4. The van der Waals surface area contributed by atoms with Gasteiger partial charge in [0.05, 0.1) is 17.0 Å². The molecule has 0 aliphatic heterocycles. The van der Waals surface area contributed by atoms with Gasteiger partial charge in [0, 0.05) is 19.3 Å². The number of pyridine rings is 2. The highest BCUT2D eigenvalue weighted by Crippen LogP contribution is 2.48. The van der Waals surface area contributed by atoms with E-state index in [0.717, 1.165) is 13.2 Å². The van der Waals surface area contributed by atoms with Gasteiger partial charge in [-0.05, 0) is 42.6 Å². The molecule has 1 unspecified atom stereocenters. The van der Waals surface area contributed by atoms with Gasteiger partial charge in [0.25, 0.3) is 0 Å². The molecule has 168 valence electrons. The summed E-state index contributed by atoms with van der Waals surface area (Å²) in [4.78, 5) is 26.4. The Bertz CT molecular complexity index is 1320. The Morgan fingerprint density at radius 3 is 2.59 bits per heavy atom. The number of alkyl halides is 3. The number of aryl methyl sites for hydroxylation is 1. The van der Waals surface area contributed by atoms with Crippen molar-refractivity contribution in [3.8, 4) is 17.6 Å². The molecule has 12 heteroatoms. The lowest BCUT2D eigenvalue weighted by atomic mass is 9.99. The number of aromatic nitrogens is 4. The molecule has 3 aromatic heterocycles. The van der Waals surface area contributed by atoms with Crippen molar-refractivity contribution in [3.05, 3.63) is 39.9 Å². The van der Waals surface area contributed by atoms with Gasteiger partial charge in [-0.25, -0.2) is 9.97 Å². The van der Waals surface area contributed by atoms with E-state index in [1.54, 1.807) is 13.0 Å². The second-order valence-corrected chi connectivity index (χ2v) is 9.14. The third-order valence-electron chi connectivity index (χ3n) is 5.56. The highest BCUT2D eigenvalue weighted by Gasteiger charge is 2.46. The zero-order chi connectivity index (χ0) is 23.4. The van der Waals surface area contributed by atoms with Crippen molar-refractivity contribution in [1.82, 2.24) is 19.3 Å². The second-order valence-electron chi connectivity index (χ2n) is 7.44. The number of nitriles is 1. The lowest BCUT2D eigenvalue weighted by Crippen LogP contribution is -2.32. The summed E-state index contributed by atoms with van der Waals surface area (Å²) >= 11 is -1.49. The summed E-state index contributed by atoms with van der Waals surface area (Å²) in [5.74, 6) is 0.348. The zero-order valence-corrected chi connectivity index (χ0v) is 18.2. The van der Waals surface area contributed by atoms with Crippen LogP contribution >= 0.6 is 0 Å². The minimum Gasteiger partial charge on any atom is -0.611 e. The maximum absolute atomic E-state index is 13.4. The minimum absolute atomic E-state index is 0.0873. The van der Waals surface area contributed by atoms with Crippen molar-refractivity contribution in [1.29, 1.82) is 5.26 Å². The van der Waals surface area contributed by atoms with E-state index in [1.165, 1.54) is 17.8 Å². The number of rotatable bonds is 5. The molecule has 32 heavy (non-hydrogen) atoms. The molecule has 1 aliphatic carbocycles. The van der Waals surface area contributed by atoms with Gasteiger partial charge in [-0.3, -0.25) is 4.79 Å². The smallest absolute Gasteiger partial charge is 0.435 e. The van der Waals surface area contributed by atoms with Crippen molar-refractivity contribution in [3.63, 3.8) is 0 Å². The summed E-state index contributed by atoms with van der Waals surface area (Å²) in [7, 11) is 2.43. The molecule has 1 aliphatic rings. The molecular formula is C20H18F3N5O3S. The van der Waals surface area contributed by atoms with Gasteiger partial charge < -0.3 is 14.0 Å². The fourth-order valence-electron chi connectivity index (χ4n) is 3.65. The van der Waals surface area contributed by atoms with Crippen LogP contribution in [0.25, 0.3) is 22.6 Å². The Hall–Kier alpha value is -3.04. The van der Waals surface area contributed by atoms with Gasteiger partial charge in [0.2, 0.25) is 0 Å². The van der Waals surface area contributed by atoms with Crippen molar-refractivity contribution in [2.24, 2.45) is 7.05 Å².